The van der Waals surface area contributed by atoms with E-state index >= 15 is 0 Å². The average Bonchev–Trinajstić information content (AvgIpc) is 1.62. The SMILES string of the molecule is C=C(C)C(=O)OC1(C(C)C)CCCC1.C=C(C)C(=O)OC1(C)C2CC3CC(C2)CC1C3.C=C(C)C(=O)OC1(C)CCCC1.C=C(C)C(=O)OC1(CC)C2CC3CC(C2)CC1C3.C=C(C)C(=O)OC1(CC)CCCC1.C=CC(=O)OC1(C)CCCC1. The lowest BCUT2D eigenvalue weighted by atomic mass is 9.49. The second kappa shape index (κ2) is 30.5. The molecule has 0 amide bonds. The van der Waals surface area contributed by atoms with Crippen molar-refractivity contribution in [3.05, 3.63) is 73.4 Å². The Bertz CT molecular complexity index is 2350. The Morgan fingerprint density at radius 3 is 1.08 bits per heavy atom. The Labute approximate surface area is 513 Å². The summed E-state index contributed by atoms with van der Waals surface area (Å²) in [5.41, 5.74) is 1.39. The van der Waals surface area contributed by atoms with Crippen molar-refractivity contribution in [1.29, 1.82) is 0 Å². The first kappa shape index (κ1) is 71.0. The van der Waals surface area contributed by atoms with Gasteiger partial charge in [0.2, 0.25) is 0 Å². The van der Waals surface area contributed by atoms with Crippen LogP contribution in [0.4, 0.5) is 0 Å². The van der Waals surface area contributed by atoms with Gasteiger partial charge in [0.05, 0.1) is 0 Å². The summed E-state index contributed by atoms with van der Waals surface area (Å²) in [5.74, 6) is 5.08. The van der Waals surface area contributed by atoms with Crippen molar-refractivity contribution in [3.8, 4) is 0 Å². The van der Waals surface area contributed by atoms with Crippen molar-refractivity contribution in [3.63, 3.8) is 0 Å². The molecule has 12 saturated carbocycles. The van der Waals surface area contributed by atoms with E-state index in [1.807, 2.05) is 13.8 Å². The predicted molar refractivity (Wildman–Crippen MR) is 338 cm³/mol. The number of carbonyl (C=O) groups excluding carboxylic acids is 6. The monoisotopic (exact) mass is 1180 g/mol. The first-order valence-electron chi connectivity index (χ1n) is 33.1. The van der Waals surface area contributed by atoms with Gasteiger partial charge >= 0.3 is 35.8 Å². The van der Waals surface area contributed by atoms with E-state index in [2.05, 4.69) is 74.1 Å². The van der Waals surface area contributed by atoms with E-state index in [1.54, 1.807) is 34.6 Å². The third-order valence-corrected chi connectivity index (χ3v) is 21.6. The largest absolute Gasteiger partial charge is 0.456 e. The lowest BCUT2D eigenvalue weighted by molar-refractivity contribution is -0.207. The molecule has 85 heavy (non-hydrogen) atoms. The van der Waals surface area contributed by atoms with Crippen molar-refractivity contribution in [2.45, 2.75) is 296 Å². The number of hydrogen-bond donors (Lipinski definition) is 0. The van der Waals surface area contributed by atoms with Crippen molar-refractivity contribution in [2.75, 3.05) is 0 Å². The van der Waals surface area contributed by atoms with Crippen LogP contribution in [0.25, 0.3) is 0 Å². The average molecular weight is 1180 g/mol. The van der Waals surface area contributed by atoms with Gasteiger partial charge in [-0.3, -0.25) is 0 Å². The highest BCUT2D eigenvalue weighted by atomic mass is 16.6. The normalized spacial score (nSPS) is 30.8. The van der Waals surface area contributed by atoms with Crippen LogP contribution in [0.15, 0.2) is 73.4 Å². The van der Waals surface area contributed by atoms with E-state index in [4.69, 9.17) is 28.4 Å². The number of carbonyl (C=O) groups is 6. The third kappa shape index (κ3) is 18.7. The van der Waals surface area contributed by atoms with E-state index in [9.17, 15) is 28.8 Å². The van der Waals surface area contributed by atoms with Crippen LogP contribution in [0.3, 0.4) is 0 Å². The molecule has 0 N–H and O–H groups in total. The van der Waals surface area contributed by atoms with Crippen LogP contribution in [0.1, 0.15) is 263 Å². The number of ether oxygens (including phenoxy) is 6. The van der Waals surface area contributed by atoms with Crippen molar-refractivity contribution >= 4 is 35.8 Å². The van der Waals surface area contributed by atoms with Gasteiger partial charge in [-0.25, -0.2) is 28.8 Å². The van der Waals surface area contributed by atoms with Gasteiger partial charge in [0.25, 0.3) is 0 Å². The van der Waals surface area contributed by atoms with Gasteiger partial charge in [0.15, 0.2) is 0 Å². The highest BCUT2D eigenvalue weighted by molar-refractivity contribution is 5.89. The molecule has 12 nitrogen and oxygen atoms in total. The van der Waals surface area contributed by atoms with E-state index in [1.165, 1.54) is 122 Å². The van der Waals surface area contributed by atoms with Gasteiger partial charge in [0.1, 0.15) is 33.6 Å². The quantitative estimate of drug-likeness (QED) is 0.0869. The molecule has 478 valence electrons. The Hall–Kier alpha value is -4.74. The van der Waals surface area contributed by atoms with Crippen LogP contribution >= 0.6 is 0 Å². The topological polar surface area (TPSA) is 158 Å². The highest BCUT2D eigenvalue weighted by Gasteiger charge is 2.59. The van der Waals surface area contributed by atoms with Crippen molar-refractivity contribution in [1.82, 2.24) is 0 Å². The van der Waals surface area contributed by atoms with Crippen LogP contribution in [0.5, 0.6) is 0 Å². The maximum absolute atomic E-state index is 12.0. The zero-order valence-electron chi connectivity index (χ0n) is 55.2. The molecule has 12 aliphatic rings. The first-order chi connectivity index (χ1) is 39.8. The minimum absolute atomic E-state index is 0.163. The molecule has 0 aromatic heterocycles. The number of rotatable bonds is 15. The molecule has 0 unspecified atom stereocenters. The molecular formula is C73H114O12. The van der Waals surface area contributed by atoms with Crippen LogP contribution < -0.4 is 0 Å². The second-order valence-electron chi connectivity index (χ2n) is 29.1. The molecule has 0 heterocycles. The zero-order valence-corrected chi connectivity index (χ0v) is 55.2. The second-order valence-corrected chi connectivity index (χ2v) is 29.1. The number of esters is 6. The van der Waals surface area contributed by atoms with E-state index < -0.39 is 0 Å². The fourth-order valence-electron chi connectivity index (χ4n) is 16.6. The molecule has 0 aliphatic heterocycles. The zero-order chi connectivity index (χ0) is 63.3. The van der Waals surface area contributed by atoms with Crippen LogP contribution in [-0.2, 0) is 57.2 Å². The molecule has 0 atom stereocenters. The molecule has 12 aliphatic carbocycles. The third-order valence-electron chi connectivity index (χ3n) is 21.6. The summed E-state index contributed by atoms with van der Waals surface area (Å²) in [6, 6.07) is 0. The fraction of sp³-hybridized carbons (Fsp3) is 0.753. The van der Waals surface area contributed by atoms with Gasteiger partial charge < -0.3 is 28.4 Å². The molecule has 0 saturated heterocycles. The molecule has 12 rings (SSSR count). The smallest absolute Gasteiger partial charge is 0.333 e. The van der Waals surface area contributed by atoms with E-state index in [0.717, 1.165) is 87.9 Å². The predicted octanol–water partition coefficient (Wildman–Crippen LogP) is 17.4. The minimum Gasteiger partial charge on any atom is -0.456 e. The molecule has 0 spiro atoms. The molecule has 12 fully saturated rings. The molecule has 8 bridgehead atoms. The lowest BCUT2D eigenvalue weighted by Crippen LogP contribution is -2.59. The van der Waals surface area contributed by atoms with Gasteiger partial charge in [-0.05, 0) is 288 Å². The van der Waals surface area contributed by atoms with Crippen molar-refractivity contribution < 1.29 is 57.2 Å². The summed E-state index contributed by atoms with van der Waals surface area (Å²) < 4.78 is 33.4. The van der Waals surface area contributed by atoms with Crippen molar-refractivity contribution in [2.24, 2.45) is 53.3 Å². The molecule has 12 heteroatoms. The van der Waals surface area contributed by atoms with E-state index in [-0.39, 0.29) is 69.4 Å². The molecule has 0 radical (unpaired) electrons. The van der Waals surface area contributed by atoms with Gasteiger partial charge in [-0.1, -0.05) is 67.2 Å². The van der Waals surface area contributed by atoms with Gasteiger partial charge in [0, 0.05) is 33.9 Å². The maximum atomic E-state index is 12.0. The standard InChI is InChI=1S/C16H24O2.C15H22O2.C12H20O2.C11H18O2.C10H16O2.C9H14O2/c1-4-16(18-15(17)10(2)3)13-6-11-5-12(8-13)9-14(16)7-11;1-9(2)14(16)17-15(3)12-5-10-4-11(7-12)8-13(15)6-10;1-9(2)11(13)14-12(10(3)4)7-5-6-8-12;1-4-11(7-5-6-8-11)13-10(12)9(2)3;1-8(2)9(11)12-10(3)6-4-5-7-10;1-3-8(10)11-9(2)6-4-5-7-9/h11-14H,2,4-9H2,1,3H3;10-13H,1,4-8H2,2-3H3;10H,1,5-8H2,2-4H3;2,4-8H2,1,3H3;1,4-7H2,2-3H3;3H,1,4-7H2,2H3. The lowest BCUT2D eigenvalue weighted by Gasteiger charge is -2.60. The summed E-state index contributed by atoms with van der Waals surface area (Å²) in [6.45, 7) is 44.8. The fourth-order valence-corrected chi connectivity index (χ4v) is 16.6. The maximum Gasteiger partial charge on any atom is 0.333 e. The summed E-state index contributed by atoms with van der Waals surface area (Å²) in [7, 11) is 0. The highest BCUT2D eigenvalue weighted by Crippen LogP contribution is 2.61. The minimum atomic E-state index is -0.297. The first-order valence-corrected chi connectivity index (χ1v) is 33.1. The summed E-state index contributed by atoms with van der Waals surface area (Å²) in [4.78, 5) is 68.6. The Morgan fingerprint density at radius 2 is 0.729 bits per heavy atom. The Kier molecular flexibility index (Phi) is 25.4. The van der Waals surface area contributed by atoms with Crippen LogP contribution in [0.2, 0.25) is 0 Å². The molecule has 0 aromatic carbocycles. The Morgan fingerprint density at radius 1 is 0.412 bits per heavy atom. The van der Waals surface area contributed by atoms with Crippen LogP contribution in [0, 0.1) is 53.3 Å². The Balaban J connectivity index is 0.000000188. The molecular weight excluding hydrogens is 1070 g/mol. The van der Waals surface area contributed by atoms with E-state index in [0.29, 0.717) is 57.5 Å². The van der Waals surface area contributed by atoms with Crippen LogP contribution in [-0.4, -0.2) is 69.4 Å². The summed E-state index contributed by atoms with van der Waals surface area (Å²) >= 11 is 0. The summed E-state index contributed by atoms with van der Waals surface area (Å²) in [5, 5.41) is 0. The summed E-state index contributed by atoms with van der Waals surface area (Å²) in [6.07, 6.45) is 33.6. The number of hydrogen-bond acceptors (Lipinski definition) is 12. The van der Waals surface area contributed by atoms with Gasteiger partial charge in [-0.15, -0.1) is 0 Å². The molecule has 0 aromatic rings. The van der Waals surface area contributed by atoms with Gasteiger partial charge in [-0.2, -0.15) is 0 Å².